The molecule has 4 N–H and O–H groups in total. The average molecular weight is 735 g/mol. The van der Waals surface area contributed by atoms with Gasteiger partial charge in [0, 0.05) is 68.8 Å². The van der Waals surface area contributed by atoms with Gasteiger partial charge in [0.2, 0.25) is 0 Å². The van der Waals surface area contributed by atoms with Crippen molar-refractivity contribution in [3.05, 3.63) is 59.3 Å². The number of urea groups is 1. The molecule has 14 nitrogen and oxygen atoms in total. The first kappa shape index (κ1) is 36.2. The number of amides is 4. The summed E-state index contributed by atoms with van der Waals surface area (Å²) in [7, 11) is -3.68. The molecular weight excluding hydrogens is 685 g/mol. The zero-order chi connectivity index (χ0) is 36.6. The van der Waals surface area contributed by atoms with E-state index in [9.17, 15) is 22.8 Å². The molecule has 0 radical (unpaired) electrons. The molecule has 0 bridgehead atoms. The molecule has 0 aliphatic carbocycles. The van der Waals surface area contributed by atoms with Gasteiger partial charge >= 0.3 is 12.1 Å². The number of aromatic nitrogens is 2. The maximum atomic E-state index is 14.4. The van der Waals surface area contributed by atoms with Crippen LogP contribution in [0.1, 0.15) is 68.1 Å². The number of carbonyl (C=O) groups excluding carboxylic acids is 3. The number of benzene rings is 2. The molecule has 280 valence electrons. The molecule has 3 fully saturated rings. The van der Waals surface area contributed by atoms with Crippen LogP contribution >= 0.6 is 0 Å². The number of para-hydroxylation sites is 1. The van der Waals surface area contributed by atoms with E-state index in [1.165, 1.54) is 4.31 Å². The number of fused-ring (bicyclic) bond motifs is 2. The van der Waals surface area contributed by atoms with E-state index in [2.05, 4.69) is 15.5 Å². The van der Waals surface area contributed by atoms with E-state index >= 15 is 0 Å². The lowest BCUT2D eigenvalue weighted by Gasteiger charge is -2.41. The number of anilines is 1. The second kappa shape index (κ2) is 15.0. The van der Waals surface area contributed by atoms with Crippen molar-refractivity contribution in [2.75, 3.05) is 51.1 Å². The molecular formula is C37H50N8O6S. The van der Waals surface area contributed by atoms with Crippen molar-refractivity contribution in [3.63, 3.8) is 0 Å². The SMILES string of the molecule is Cc1cc([C@@H](C)C(OC(=O)N2CCC(N3CCc4ccccc4NC3=O)CC2)C(=O)N2CCC(C3CCN(S(N)(=O)=O)CC3)CC2)cc2cn[nH]c12. The number of carbonyl (C=O) groups is 3. The molecule has 3 saturated heterocycles. The Kier molecular flexibility index (Phi) is 10.5. The van der Waals surface area contributed by atoms with Gasteiger partial charge in [0.1, 0.15) is 0 Å². The fraction of sp³-hybridized carbons (Fsp3) is 0.568. The predicted molar refractivity (Wildman–Crippen MR) is 197 cm³/mol. The van der Waals surface area contributed by atoms with E-state index in [0.717, 1.165) is 65.4 Å². The van der Waals surface area contributed by atoms with Crippen LogP contribution in [0, 0.1) is 18.8 Å². The highest BCUT2D eigenvalue weighted by Crippen LogP contribution is 2.35. The maximum Gasteiger partial charge on any atom is 0.410 e. The first-order valence-corrected chi connectivity index (χ1v) is 20.1. The largest absolute Gasteiger partial charge is 0.435 e. The summed E-state index contributed by atoms with van der Waals surface area (Å²) < 4.78 is 31.1. The third-order valence-corrected chi connectivity index (χ3v) is 13.0. The van der Waals surface area contributed by atoms with Gasteiger partial charge in [0.15, 0.2) is 6.10 Å². The number of nitrogens with one attached hydrogen (secondary N) is 2. The van der Waals surface area contributed by atoms with Crippen LogP contribution in [0.15, 0.2) is 42.6 Å². The summed E-state index contributed by atoms with van der Waals surface area (Å²) in [6, 6.07) is 11.8. The highest BCUT2D eigenvalue weighted by atomic mass is 32.2. The van der Waals surface area contributed by atoms with Crippen LogP contribution in [0.3, 0.4) is 0 Å². The summed E-state index contributed by atoms with van der Waals surface area (Å²) in [5.74, 6) is 0.141. The molecule has 2 atom stereocenters. The Hall–Kier alpha value is -4.21. The fourth-order valence-corrected chi connectivity index (χ4v) is 9.44. The van der Waals surface area contributed by atoms with Gasteiger partial charge < -0.3 is 24.8 Å². The summed E-state index contributed by atoms with van der Waals surface area (Å²) in [4.78, 5) is 46.7. The van der Waals surface area contributed by atoms with Crippen LogP contribution in [-0.4, -0.2) is 114 Å². The molecule has 5 heterocycles. The second-order valence-electron chi connectivity index (χ2n) is 15.0. The van der Waals surface area contributed by atoms with Gasteiger partial charge in [-0.1, -0.05) is 31.2 Å². The molecule has 4 aliphatic rings. The number of likely N-dealkylation sites (tertiary alicyclic amines) is 2. The van der Waals surface area contributed by atoms with Crippen molar-refractivity contribution in [1.82, 2.24) is 29.2 Å². The molecule has 15 heteroatoms. The van der Waals surface area contributed by atoms with E-state index in [0.29, 0.717) is 70.5 Å². The Morgan fingerprint density at radius 3 is 2.27 bits per heavy atom. The number of aromatic amines is 1. The third-order valence-electron chi connectivity index (χ3n) is 11.9. The van der Waals surface area contributed by atoms with Crippen LogP contribution < -0.4 is 10.5 Å². The van der Waals surface area contributed by atoms with Gasteiger partial charge in [-0.3, -0.25) is 9.89 Å². The van der Waals surface area contributed by atoms with Gasteiger partial charge in [0.25, 0.3) is 16.1 Å². The molecule has 2 aromatic carbocycles. The highest BCUT2D eigenvalue weighted by Gasteiger charge is 2.40. The minimum Gasteiger partial charge on any atom is -0.435 e. The Balaban J connectivity index is 1.01. The molecule has 4 aliphatic heterocycles. The first-order valence-electron chi connectivity index (χ1n) is 18.6. The Labute approximate surface area is 305 Å². The van der Waals surface area contributed by atoms with E-state index < -0.39 is 28.3 Å². The van der Waals surface area contributed by atoms with Crippen LogP contribution in [0.4, 0.5) is 15.3 Å². The molecule has 3 aromatic rings. The molecule has 7 rings (SSSR count). The Bertz CT molecular complexity index is 1890. The van der Waals surface area contributed by atoms with Crippen LogP contribution in [0.2, 0.25) is 0 Å². The Morgan fingerprint density at radius 2 is 1.58 bits per heavy atom. The predicted octanol–water partition coefficient (Wildman–Crippen LogP) is 4.19. The van der Waals surface area contributed by atoms with E-state index in [1.807, 2.05) is 60.0 Å². The first-order chi connectivity index (χ1) is 25.0. The molecule has 4 amide bonds. The van der Waals surface area contributed by atoms with Gasteiger partial charge in [-0.25, -0.2) is 14.7 Å². The third kappa shape index (κ3) is 7.62. The lowest BCUT2D eigenvalue weighted by molar-refractivity contribution is -0.143. The number of hydrogen-bond acceptors (Lipinski definition) is 7. The van der Waals surface area contributed by atoms with Crippen molar-refractivity contribution in [2.24, 2.45) is 17.0 Å². The standard InChI is InChI=1S/C37H50N8O6S/c1-24-21-29(22-30-23-39-41-33(24)30)25(2)34(35(46)42-14-7-26(8-15-42)27-9-18-44(19-10-27)52(38,49)50)51-37(48)43-16-12-31(13-17-43)45-20-11-28-5-3-4-6-32(28)40-36(45)47/h3-6,21-23,25-27,31,34H,7-20H2,1-2H3,(H,39,41)(H,40,47)(H2,38,49,50)/t25-,34?/m1/s1. The van der Waals surface area contributed by atoms with E-state index in [1.54, 1.807) is 11.1 Å². The molecule has 0 saturated carbocycles. The van der Waals surface area contributed by atoms with Crippen molar-refractivity contribution >= 4 is 44.8 Å². The smallest absolute Gasteiger partial charge is 0.410 e. The molecule has 52 heavy (non-hydrogen) atoms. The summed E-state index contributed by atoms with van der Waals surface area (Å²) in [6.07, 6.45) is 5.34. The van der Waals surface area contributed by atoms with Crippen molar-refractivity contribution in [2.45, 2.75) is 76.9 Å². The highest BCUT2D eigenvalue weighted by molar-refractivity contribution is 7.86. The number of rotatable bonds is 7. The van der Waals surface area contributed by atoms with E-state index in [4.69, 9.17) is 9.88 Å². The monoisotopic (exact) mass is 734 g/mol. The van der Waals surface area contributed by atoms with Crippen molar-refractivity contribution in [3.8, 4) is 0 Å². The summed E-state index contributed by atoms with van der Waals surface area (Å²) in [5.41, 5.74) is 4.77. The summed E-state index contributed by atoms with van der Waals surface area (Å²) >= 11 is 0. The molecule has 1 unspecified atom stereocenters. The van der Waals surface area contributed by atoms with Crippen LogP contribution in [-0.2, 0) is 26.2 Å². The lowest BCUT2D eigenvalue weighted by Crippen LogP contribution is -2.52. The topological polar surface area (TPSA) is 174 Å². The molecule has 0 spiro atoms. The van der Waals surface area contributed by atoms with Gasteiger partial charge in [-0.2, -0.15) is 17.8 Å². The van der Waals surface area contributed by atoms with Gasteiger partial charge in [-0.15, -0.1) is 0 Å². The lowest BCUT2D eigenvalue weighted by atomic mass is 9.79. The quantitative estimate of drug-likeness (QED) is 0.326. The fourth-order valence-electron chi connectivity index (χ4n) is 8.72. The van der Waals surface area contributed by atoms with Gasteiger partial charge in [-0.05, 0) is 92.5 Å². The number of hydrogen-bond donors (Lipinski definition) is 3. The number of nitrogens with two attached hydrogens (primary N) is 1. The number of piperidine rings is 3. The number of H-pyrrole nitrogens is 1. The van der Waals surface area contributed by atoms with E-state index in [-0.39, 0.29) is 18.0 Å². The zero-order valence-electron chi connectivity index (χ0n) is 30.0. The van der Waals surface area contributed by atoms with Crippen molar-refractivity contribution < 1.29 is 27.5 Å². The maximum absolute atomic E-state index is 14.4. The van der Waals surface area contributed by atoms with Gasteiger partial charge in [0.05, 0.1) is 11.7 Å². The van der Waals surface area contributed by atoms with Crippen LogP contribution in [0.5, 0.6) is 0 Å². The molecule has 1 aromatic heterocycles. The van der Waals surface area contributed by atoms with Crippen LogP contribution in [0.25, 0.3) is 10.9 Å². The number of ether oxygens (including phenoxy) is 1. The normalized spacial score (nSPS) is 21.4. The average Bonchev–Trinajstić information content (AvgIpc) is 3.57. The number of nitrogens with zero attached hydrogens (tertiary/aromatic N) is 5. The Morgan fingerprint density at radius 1 is 0.923 bits per heavy atom. The minimum atomic E-state index is -3.68. The zero-order valence-corrected chi connectivity index (χ0v) is 30.8. The minimum absolute atomic E-state index is 0.00683. The number of aryl methyl sites for hydroxylation is 1. The van der Waals surface area contributed by atoms with Crippen molar-refractivity contribution in [1.29, 1.82) is 0 Å². The summed E-state index contributed by atoms with van der Waals surface area (Å²) in [5, 5.41) is 16.5. The second-order valence-corrected chi connectivity index (χ2v) is 16.5. The summed E-state index contributed by atoms with van der Waals surface area (Å²) in [6.45, 7) is 7.33.